The molecule has 0 heterocycles. The minimum absolute atomic E-state index is 0.0879. The second-order valence-electron chi connectivity index (χ2n) is 10.6. The lowest BCUT2D eigenvalue weighted by Gasteiger charge is -2.61. The first-order chi connectivity index (χ1) is 12.3. The van der Waals surface area contributed by atoms with Crippen molar-refractivity contribution in [2.75, 3.05) is 0 Å². The third kappa shape index (κ3) is 2.39. The number of allylic oxidation sites excluding steroid dienone is 1. The van der Waals surface area contributed by atoms with Crippen LogP contribution in [0.15, 0.2) is 12.2 Å². The van der Waals surface area contributed by atoms with Gasteiger partial charge in [0.1, 0.15) is 5.60 Å². The molecule has 0 saturated heterocycles. The topological polar surface area (TPSA) is 26.3 Å². The van der Waals surface area contributed by atoms with Crippen molar-refractivity contribution < 1.29 is 9.53 Å². The Morgan fingerprint density at radius 3 is 2.54 bits per heavy atom. The summed E-state index contributed by atoms with van der Waals surface area (Å²) in [7, 11) is 0. The standard InChI is InChI=1S/C24H38O2/c1-6-24(26-17(3)25)14-12-21-19-10-9-18-8-7-16(2)15-22(18,4)20(19)11-13-23(21,24)5/h18-21H,2,6-15H2,1,3-5H3/t18?,19-,20-,21+,22-,23+,24-/m1/s1. The first-order valence-corrected chi connectivity index (χ1v) is 11.1. The summed E-state index contributed by atoms with van der Waals surface area (Å²) >= 11 is 0. The van der Waals surface area contributed by atoms with Crippen LogP contribution in [0, 0.1) is 34.5 Å². The van der Waals surface area contributed by atoms with Gasteiger partial charge in [-0.15, -0.1) is 0 Å². The van der Waals surface area contributed by atoms with Gasteiger partial charge in [0.05, 0.1) is 0 Å². The molecular weight excluding hydrogens is 320 g/mol. The lowest BCUT2D eigenvalue weighted by atomic mass is 9.44. The van der Waals surface area contributed by atoms with Crippen molar-refractivity contribution >= 4 is 5.97 Å². The predicted molar refractivity (Wildman–Crippen MR) is 106 cm³/mol. The molecule has 4 rings (SSSR count). The molecule has 0 amide bonds. The van der Waals surface area contributed by atoms with E-state index in [1.54, 1.807) is 6.92 Å². The van der Waals surface area contributed by atoms with Gasteiger partial charge in [0.2, 0.25) is 0 Å². The zero-order valence-corrected chi connectivity index (χ0v) is 17.4. The molecule has 7 atom stereocenters. The Hall–Kier alpha value is -0.790. The summed E-state index contributed by atoms with van der Waals surface area (Å²) in [6.07, 6.45) is 12.5. The average molecular weight is 359 g/mol. The molecule has 4 aliphatic carbocycles. The van der Waals surface area contributed by atoms with E-state index in [0.29, 0.717) is 5.41 Å². The minimum atomic E-state index is -0.220. The first kappa shape index (κ1) is 18.6. The van der Waals surface area contributed by atoms with E-state index in [0.717, 1.165) is 36.5 Å². The predicted octanol–water partition coefficient (Wildman–Crippen LogP) is 6.30. The summed E-state index contributed by atoms with van der Waals surface area (Å²) in [6, 6.07) is 0. The molecule has 1 unspecified atom stereocenters. The van der Waals surface area contributed by atoms with Crippen molar-refractivity contribution in [1.29, 1.82) is 0 Å². The van der Waals surface area contributed by atoms with Crippen molar-refractivity contribution in [1.82, 2.24) is 0 Å². The van der Waals surface area contributed by atoms with Gasteiger partial charge in [0.25, 0.3) is 0 Å². The molecule has 26 heavy (non-hydrogen) atoms. The highest BCUT2D eigenvalue weighted by Gasteiger charge is 2.65. The lowest BCUT2D eigenvalue weighted by Crippen LogP contribution is -2.57. The zero-order chi connectivity index (χ0) is 18.7. The van der Waals surface area contributed by atoms with Gasteiger partial charge in [-0.05, 0) is 93.3 Å². The fourth-order valence-corrected chi connectivity index (χ4v) is 8.48. The number of hydrogen-bond donors (Lipinski definition) is 0. The van der Waals surface area contributed by atoms with Gasteiger partial charge in [-0.3, -0.25) is 4.79 Å². The zero-order valence-electron chi connectivity index (χ0n) is 17.4. The second-order valence-corrected chi connectivity index (χ2v) is 10.6. The Kier molecular flexibility index (Phi) is 4.36. The van der Waals surface area contributed by atoms with Crippen LogP contribution in [-0.4, -0.2) is 11.6 Å². The highest BCUT2D eigenvalue weighted by Crippen LogP contribution is 2.69. The molecule has 0 aliphatic heterocycles. The highest BCUT2D eigenvalue weighted by molar-refractivity contribution is 5.66. The van der Waals surface area contributed by atoms with Crippen molar-refractivity contribution in [3.8, 4) is 0 Å². The number of ether oxygens (including phenoxy) is 1. The van der Waals surface area contributed by atoms with Crippen LogP contribution in [0.5, 0.6) is 0 Å². The molecule has 146 valence electrons. The Bertz CT molecular complexity index is 609. The Balaban J connectivity index is 1.65. The highest BCUT2D eigenvalue weighted by atomic mass is 16.6. The molecule has 2 nitrogen and oxygen atoms in total. The Labute approximate surface area is 160 Å². The summed E-state index contributed by atoms with van der Waals surface area (Å²) in [5, 5.41) is 0. The number of esters is 1. The number of carbonyl (C=O) groups excluding carboxylic acids is 1. The molecule has 4 saturated carbocycles. The molecule has 0 radical (unpaired) electrons. The number of rotatable bonds is 2. The van der Waals surface area contributed by atoms with Crippen molar-refractivity contribution in [3.05, 3.63) is 12.2 Å². The quantitative estimate of drug-likeness (QED) is 0.428. The van der Waals surface area contributed by atoms with Crippen LogP contribution in [0.1, 0.15) is 91.9 Å². The largest absolute Gasteiger partial charge is 0.459 e. The molecule has 0 bridgehead atoms. The number of fused-ring (bicyclic) bond motifs is 5. The van der Waals surface area contributed by atoms with E-state index in [4.69, 9.17) is 4.74 Å². The smallest absolute Gasteiger partial charge is 0.303 e. The van der Waals surface area contributed by atoms with Crippen LogP contribution < -0.4 is 0 Å². The van der Waals surface area contributed by atoms with Gasteiger partial charge >= 0.3 is 5.97 Å². The van der Waals surface area contributed by atoms with E-state index >= 15 is 0 Å². The third-order valence-electron chi connectivity index (χ3n) is 9.74. The second kappa shape index (κ2) is 6.11. The van der Waals surface area contributed by atoms with Gasteiger partial charge in [-0.25, -0.2) is 0 Å². The van der Waals surface area contributed by atoms with Crippen molar-refractivity contribution in [2.24, 2.45) is 34.5 Å². The van der Waals surface area contributed by atoms with Crippen molar-refractivity contribution in [2.45, 2.75) is 97.5 Å². The van der Waals surface area contributed by atoms with E-state index in [2.05, 4.69) is 27.4 Å². The van der Waals surface area contributed by atoms with E-state index in [-0.39, 0.29) is 17.0 Å². The molecular formula is C24H38O2. The Morgan fingerprint density at radius 1 is 1.12 bits per heavy atom. The van der Waals surface area contributed by atoms with Crippen LogP contribution in [-0.2, 0) is 9.53 Å². The van der Waals surface area contributed by atoms with Gasteiger partial charge in [-0.1, -0.05) is 32.9 Å². The van der Waals surface area contributed by atoms with E-state index in [1.807, 2.05) is 0 Å². The lowest BCUT2D eigenvalue weighted by molar-refractivity contribution is -0.187. The third-order valence-corrected chi connectivity index (χ3v) is 9.74. The van der Waals surface area contributed by atoms with Gasteiger partial charge < -0.3 is 4.74 Å². The summed E-state index contributed by atoms with van der Waals surface area (Å²) in [5.41, 5.74) is 1.91. The van der Waals surface area contributed by atoms with Gasteiger partial charge in [-0.2, -0.15) is 0 Å². The maximum absolute atomic E-state index is 11.9. The monoisotopic (exact) mass is 358 g/mol. The molecule has 0 aromatic rings. The number of carbonyl (C=O) groups is 1. The summed E-state index contributed by atoms with van der Waals surface area (Å²) in [6.45, 7) is 13.3. The molecule has 0 spiro atoms. The fourth-order valence-electron chi connectivity index (χ4n) is 8.48. The van der Waals surface area contributed by atoms with E-state index in [1.165, 1.54) is 56.9 Å². The van der Waals surface area contributed by atoms with Crippen LogP contribution in [0.4, 0.5) is 0 Å². The van der Waals surface area contributed by atoms with Crippen molar-refractivity contribution in [3.63, 3.8) is 0 Å². The Morgan fingerprint density at radius 2 is 1.85 bits per heavy atom. The molecule has 2 heteroatoms. The van der Waals surface area contributed by atoms with Crippen LogP contribution >= 0.6 is 0 Å². The van der Waals surface area contributed by atoms with E-state index in [9.17, 15) is 4.79 Å². The number of hydrogen-bond acceptors (Lipinski definition) is 2. The molecule has 0 aromatic carbocycles. The molecule has 0 aromatic heterocycles. The SMILES string of the molecule is C=C1CCC2CC[C@@H]3[C@@H](CC[C@@]4(C)[C@H]3CC[C@@]4(CC)OC(C)=O)[C@]2(C)C1. The first-order valence-electron chi connectivity index (χ1n) is 11.1. The van der Waals surface area contributed by atoms with Gasteiger partial charge in [0, 0.05) is 12.3 Å². The van der Waals surface area contributed by atoms with Gasteiger partial charge in [0.15, 0.2) is 0 Å². The summed E-state index contributed by atoms with van der Waals surface area (Å²) in [5.74, 6) is 3.22. The summed E-state index contributed by atoms with van der Waals surface area (Å²) in [4.78, 5) is 11.9. The maximum Gasteiger partial charge on any atom is 0.303 e. The normalized spacial score (nSPS) is 50.5. The molecule has 0 N–H and O–H groups in total. The molecule has 4 aliphatic rings. The fraction of sp³-hybridized carbons (Fsp3) is 0.875. The van der Waals surface area contributed by atoms with Crippen LogP contribution in [0.3, 0.4) is 0 Å². The van der Waals surface area contributed by atoms with Crippen LogP contribution in [0.25, 0.3) is 0 Å². The average Bonchev–Trinajstić information content (AvgIpc) is 2.86. The van der Waals surface area contributed by atoms with E-state index < -0.39 is 0 Å². The molecule has 4 fully saturated rings. The minimum Gasteiger partial charge on any atom is -0.459 e. The summed E-state index contributed by atoms with van der Waals surface area (Å²) < 4.78 is 6.10. The maximum atomic E-state index is 11.9. The van der Waals surface area contributed by atoms with Crippen LogP contribution in [0.2, 0.25) is 0 Å².